The first-order chi connectivity index (χ1) is 14.6. The summed E-state index contributed by atoms with van der Waals surface area (Å²) in [5.74, 6) is -0.0988. The van der Waals surface area contributed by atoms with E-state index in [9.17, 15) is 9.59 Å². The van der Waals surface area contributed by atoms with Crippen LogP contribution in [0.3, 0.4) is 0 Å². The molecule has 0 bridgehead atoms. The summed E-state index contributed by atoms with van der Waals surface area (Å²) in [6.07, 6.45) is 1.25. The fourth-order valence-corrected chi connectivity index (χ4v) is 3.38. The van der Waals surface area contributed by atoms with Gasteiger partial charge < -0.3 is 25.0 Å². The van der Waals surface area contributed by atoms with Gasteiger partial charge in [-0.15, -0.1) is 0 Å². The number of ether oxygens (including phenoxy) is 2. The number of methoxy groups -OCH3 is 1. The number of rotatable bonds is 6. The van der Waals surface area contributed by atoms with Crippen molar-refractivity contribution < 1.29 is 19.1 Å². The number of nitrogens with two attached hydrogens (primary N) is 1. The maximum absolute atomic E-state index is 12.9. The lowest BCUT2D eigenvalue weighted by Crippen LogP contribution is -2.51. The summed E-state index contributed by atoms with van der Waals surface area (Å²) >= 11 is 0. The Morgan fingerprint density at radius 1 is 1.32 bits per heavy atom. The van der Waals surface area contributed by atoms with Crippen molar-refractivity contribution >= 4 is 17.8 Å². The van der Waals surface area contributed by atoms with Crippen LogP contribution in [0.5, 0.6) is 0 Å². The number of nitrogens with zero attached hydrogens (tertiary/aromatic N) is 4. The van der Waals surface area contributed by atoms with Gasteiger partial charge in [0, 0.05) is 45.1 Å². The number of aromatic nitrogens is 2. The van der Waals surface area contributed by atoms with E-state index in [1.165, 1.54) is 7.11 Å². The first kappa shape index (κ1) is 22.6. The van der Waals surface area contributed by atoms with E-state index < -0.39 is 17.6 Å². The van der Waals surface area contributed by atoms with Crippen LogP contribution in [-0.4, -0.2) is 73.2 Å². The van der Waals surface area contributed by atoms with E-state index in [1.807, 2.05) is 20.2 Å². The lowest BCUT2D eigenvalue weighted by molar-refractivity contribution is -0.158. The number of carbonyl (C=O) groups is 2. The van der Waals surface area contributed by atoms with Gasteiger partial charge in [0.1, 0.15) is 11.7 Å². The summed E-state index contributed by atoms with van der Waals surface area (Å²) in [4.78, 5) is 37.3. The van der Waals surface area contributed by atoms with Gasteiger partial charge in [-0.05, 0) is 31.5 Å². The molecule has 0 saturated carbocycles. The van der Waals surface area contributed by atoms with Gasteiger partial charge in [-0.3, -0.25) is 9.59 Å². The first-order valence-electron chi connectivity index (χ1n) is 10.0. The molecule has 1 aliphatic heterocycles. The Morgan fingerprint density at radius 3 is 2.71 bits per heavy atom. The summed E-state index contributed by atoms with van der Waals surface area (Å²) in [5.41, 5.74) is 7.03. The Kier molecular flexibility index (Phi) is 6.56. The summed E-state index contributed by atoms with van der Waals surface area (Å²) < 4.78 is 11.4. The van der Waals surface area contributed by atoms with Crippen LogP contribution in [0.15, 0.2) is 30.5 Å². The molecule has 1 atom stereocenters. The second-order valence-electron chi connectivity index (χ2n) is 8.13. The van der Waals surface area contributed by atoms with Crippen molar-refractivity contribution in [3.8, 4) is 11.1 Å². The van der Waals surface area contributed by atoms with E-state index >= 15 is 0 Å². The Bertz CT molecular complexity index is 976. The lowest BCUT2D eigenvalue weighted by Gasteiger charge is -2.37. The number of benzene rings is 1. The van der Waals surface area contributed by atoms with E-state index in [2.05, 4.69) is 4.98 Å². The largest absolute Gasteiger partial charge is 0.369 e. The molecule has 0 radical (unpaired) electrons. The number of anilines is 1. The standard InChI is InChI=1S/C22H29N5O4/c1-22(2,30-5)20(29)27-9-10-31-17(13-27)18-16(12-24-21(25-18)26(3)4)14-7-6-8-15(11-14)19(23)28/h6-8,11-12,17H,9-10,13H2,1-5H3,(H2,23,28). The van der Waals surface area contributed by atoms with Gasteiger partial charge in [-0.25, -0.2) is 9.97 Å². The number of carbonyl (C=O) groups excluding carboxylic acids is 2. The molecule has 9 heteroatoms. The van der Waals surface area contributed by atoms with Gasteiger partial charge in [-0.2, -0.15) is 0 Å². The molecule has 9 nitrogen and oxygen atoms in total. The smallest absolute Gasteiger partial charge is 0.254 e. The zero-order valence-corrected chi connectivity index (χ0v) is 18.6. The third-order valence-electron chi connectivity index (χ3n) is 5.35. The predicted octanol–water partition coefficient (Wildman–Crippen LogP) is 1.63. The molecule has 0 spiro atoms. The number of hydrogen-bond acceptors (Lipinski definition) is 7. The van der Waals surface area contributed by atoms with E-state index in [1.54, 1.807) is 48.0 Å². The van der Waals surface area contributed by atoms with Gasteiger partial charge in [0.05, 0.1) is 18.8 Å². The highest BCUT2D eigenvalue weighted by Crippen LogP contribution is 2.32. The number of morpholine rings is 1. The molecule has 3 rings (SSSR count). The molecule has 0 aliphatic carbocycles. The molecule has 1 aromatic heterocycles. The number of primary amides is 1. The average Bonchev–Trinajstić information content (AvgIpc) is 2.78. The average molecular weight is 428 g/mol. The Morgan fingerprint density at radius 2 is 2.06 bits per heavy atom. The minimum Gasteiger partial charge on any atom is -0.369 e. The Labute approximate surface area is 182 Å². The first-order valence-corrected chi connectivity index (χ1v) is 10.0. The van der Waals surface area contributed by atoms with Gasteiger partial charge in [0.15, 0.2) is 0 Å². The van der Waals surface area contributed by atoms with Crippen LogP contribution in [-0.2, 0) is 14.3 Å². The van der Waals surface area contributed by atoms with Crippen LogP contribution < -0.4 is 10.6 Å². The quantitative estimate of drug-likeness (QED) is 0.746. The number of hydrogen-bond donors (Lipinski definition) is 1. The minimum absolute atomic E-state index is 0.109. The summed E-state index contributed by atoms with van der Waals surface area (Å²) in [7, 11) is 5.23. The van der Waals surface area contributed by atoms with E-state index in [0.29, 0.717) is 36.9 Å². The van der Waals surface area contributed by atoms with Crippen LogP contribution >= 0.6 is 0 Å². The second-order valence-corrected chi connectivity index (χ2v) is 8.13. The molecule has 1 unspecified atom stereocenters. The monoisotopic (exact) mass is 427 g/mol. The normalized spacial score (nSPS) is 16.8. The van der Waals surface area contributed by atoms with Crippen molar-refractivity contribution in [3.63, 3.8) is 0 Å². The van der Waals surface area contributed by atoms with Crippen LogP contribution in [0, 0.1) is 0 Å². The minimum atomic E-state index is -0.930. The van der Waals surface area contributed by atoms with Crippen molar-refractivity contribution in [2.45, 2.75) is 25.6 Å². The molecule has 2 heterocycles. The van der Waals surface area contributed by atoms with E-state index in [4.69, 9.17) is 20.2 Å². The maximum atomic E-state index is 12.9. The van der Waals surface area contributed by atoms with Gasteiger partial charge in [0.2, 0.25) is 11.9 Å². The van der Waals surface area contributed by atoms with Crippen LogP contribution in [0.2, 0.25) is 0 Å². The van der Waals surface area contributed by atoms with Crippen molar-refractivity contribution in [1.82, 2.24) is 14.9 Å². The third-order valence-corrected chi connectivity index (χ3v) is 5.35. The molecule has 1 fully saturated rings. The molecule has 1 saturated heterocycles. The number of amides is 2. The van der Waals surface area contributed by atoms with Crippen molar-refractivity contribution in [2.75, 3.05) is 45.8 Å². The van der Waals surface area contributed by atoms with Gasteiger partial charge in [0.25, 0.3) is 5.91 Å². The highest BCUT2D eigenvalue weighted by atomic mass is 16.5. The van der Waals surface area contributed by atoms with E-state index in [0.717, 1.165) is 11.1 Å². The zero-order chi connectivity index (χ0) is 22.8. The summed E-state index contributed by atoms with van der Waals surface area (Å²) in [6.45, 7) is 4.67. The molecule has 1 aromatic carbocycles. The maximum Gasteiger partial charge on any atom is 0.254 e. The van der Waals surface area contributed by atoms with E-state index in [-0.39, 0.29) is 5.91 Å². The molecule has 2 aromatic rings. The highest BCUT2D eigenvalue weighted by Gasteiger charge is 2.36. The highest BCUT2D eigenvalue weighted by molar-refractivity contribution is 5.94. The molecule has 31 heavy (non-hydrogen) atoms. The predicted molar refractivity (Wildman–Crippen MR) is 117 cm³/mol. The van der Waals surface area contributed by atoms with Crippen LogP contribution in [0.4, 0.5) is 5.95 Å². The van der Waals surface area contributed by atoms with Crippen LogP contribution in [0.1, 0.15) is 36.0 Å². The lowest BCUT2D eigenvalue weighted by atomic mass is 9.99. The summed E-state index contributed by atoms with van der Waals surface area (Å²) in [5, 5.41) is 0. The molecule has 166 valence electrons. The van der Waals surface area contributed by atoms with Crippen molar-refractivity contribution in [1.29, 1.82) is 0 Å². The fourth-order valence-electron chi connectivity index (χ4n) is 3.38. The Hall–Kier alpha value is -3.04. The topological polar surface area (TPSA) is 111 Å². The molecule has 1 aliphatic rings. The molecular weight excluding hydrogens is 398 g/mol. The SMILES string of the molecule is COC(C)(C)C(=O)N1CCOC(c2nc(N(C)C)ncc2-c2cccc(C(N)=O)c2)C1. The van der Waals surface area contributed by atoms with Gasteiger partial charge >= 0.3 is 0 Å². The second kappa shape index (κ2) is 8.99. The van der Waals surface area contributed by atoms with Crippen molar-refractivity contribution in [3.05, 3.63) is 41.7 Å². The van der Waals surface area contributed by atoms with Crippen LogP contribution in [0.25, 0.3) is 11.1 Å². The van der Waals surface area contributed by atoms with Gasteiger partial charge in [-0.1, -0.05) is 12.1 Å². The molecule has 2 amide bonds. The third kappa shape index (κ3) is 4.83. The van der Waals surface area contributed by atoms with Crippen molar-refractivity contribution in [2.24, 2.45) is 5.73 Å². The molecular formula is C22H29N5O4. The fraction of sp³-hybridized carbons (Fsp3) is 0.455. The molecule has 2 N–H and O–H groups in total. The summed E-state index contributed by atoms with van der Waals surface area (Å²) in [6, 6.07) is 6.99. The zero-order valence-electron chi connectivity index (χ0n) is 18.6. The Balaban J connectivity index is 2.02.